The highest BCUT2D eigenvalue weighted by molar-refractivity contribution is 6.31. The van der Waals surface area contributed by atoms with E-state index in [2.05, 4.69) is 30.0 Å². The van der Waals surface area contributed by atoms with E-state index in [9.17, 15) is 10.1 Å². The van der Waals surface area contributed by atoms with Gasteiger partial charge in [0.25, 0.3) is 0 Å². The van der Waals surface area contributed by atoms with Crippen LogP contribution in [0.5, 0.6) is 0 Å². The number of benzene rings is 1. The Morgan fingerprint density at radius 3 is 2.89 bits per heavy atom. The number of nitrogens with one attached hydrogen (secondary N) is 1. The summed E-state index contributed by atoms with van der Waals surface area (Å²) in [6, 6.07) is 9.84. The molecule has 0 bridgehead atoms. The highest BCUT2D eigenvalue weighted by Crippen LogP contribution is 2.44. The average molecular weight is 381 g/mol. The molecule has 1 N–H and O–H groups in total. The van der Waals surface area contributed by atoms with Crippen LogP contribution in [-0.2, 0) is 0 Å². The number of hydrogen-bond acceptors (Lipinski definition) is 4. The third-order valence-corrected chi connectivity index (χ3v) is 4.97. The summed E-state index contributed by atoms with van der Waals surface area (Å²) in [7, 11) is 0. The molecule has 5 nitrogen and oxygen atoms in total. The van der Waals surface area contributed by atoms with E-state index in [0.717, 1.165) is 23.2 Å². The second kappa shape index (κ2) is 8.24. The minimum absolute atomic E-state index is 0.113. The van der Waals surface area contributed by atoms with Crippen LogP contribution >= 0.6 is 11.6 Å². The molecule has 0 radical (unpaired) electrons. The summed E-state index contributed by atoms with van der Waals surface area (Å²) in [5.41, 5.74) is 3.06. The second-order valence-electron chi connectivity index (χ2n) is 6.41. The fraction of sp³-hybridized carbons (Fsp3) is 0.286. The summed E-state index contributed by atoms with van der Waals surface area (Å²) in [6.07, 6.45) is 5.86. The van der Waals surface area contributed by atoms with Crippen molar-refractivity contribution < 1.29 is 4.79 Å². The first kappa shape index (κ1) is 18.9. The van der Waals surface area contributed by atoms with E-state index in [0.29, 0.717) is 35.7 Å². The van der Waals surface area contributed by atoms with Gasteiger partial charge in [0.1, 0.15) is 5.82 Å². The molecule has 0 saturated heterocycles. The first-order valence-corrected chi connectivity index (χ1v) is 9.36. The molecule has 1 aliphatic rings. The summed E-state index contributed by atoms with van der Waals surface area (Å²) in [5, 5.41) is 18.1. The molecule has 1 unspecified atom stereocenters. The van der Waals surface area contributed by atoms with Gasteiger partial charge in [-0.3, -0.25) is 4.79 Å². The minimum Gasteiger partial charge on any atom is -0.342 e. The number of carbonyl (C=O) groups excluding carboxylic acids is 1. The quantitative estimate of drug-likeness (QED) is 0.692. The largest absolute Gasteiger partial charge is 0.342 e. The number of halogens is 1. The second-order valence-corrected chi connectivity index (χ2v) is 6.82. The van der Waals surface area contributed by atoms with E-state index >= 15 is 0 Å². The lowest BCUT2D eigenvalue weighted by molar-refractivity contribution is 0.0891. The third kappa shape index (κ3) is 3.54. The van der Waals surface area contributed by atoms with Gasteiger partial charge in [-0.25, -0.2) is 0 Å². The van der Waals surface area contributed by atoms with Crippen molar-refractivity contribution in [1.82, 2.24) is 9.78 Å². The Kier molecular flexibility index (Phi) is 5.78. The summed E-state index contributed by atoms with van der Waals surface area (Å²) >= 11 is 6.45. The molecule has 3 rings (SSSR count). The Hall–Kier alpha value is -2.84. The summed E-state index contributed by atoms with van der Waals surface area (Å²) in [5.74, 6) is 0.164. The summed E-state index contributed by atoms with van der Waals surface area (Å²) in [6.45, 7) is 5.72. The molecule has 1 aromatic heterocycles. The topological polar surface area (TPSA) is 70.7 Å². The average Bonchev–Trinajstić information content (AvgIpc) is 3.09. The van der Waals surface area contributed by atoms with Crippen LogP contribution in [0.25, 0.3) is 0 Å². The first-order valence-electron chi connectivity index (χ1n) is 8.98. The molecular weight excluding hydrogens is 360 g/mol. The third-order valence-electron chi connectivity index (χ3n) is 4.63. The zero-order valence-corrected chi connectivity index (χ0v) is 16.0. The van der Waals surface area contributed by atoms with Gasteiger partial charge in [-0.15, -0.1) is 6.58 Å². The molecule has 1 aromatic carbocycles. The van der Waals surface area contributed by atoms with Crippen LogP contribution in [0.3, 0.4) is 0 Å². The van der Waals surface area contributed by atoms with Crippen molar-refractivity contribution in [3.8, 4) is 6.07 Å². The number of fused-ring (bicyclic) bond motifs is 1. The Bertz CT molecular complexity index is 951. The number of anilines is 1. The molecule has 2 aromatic rings. The van der Waals surface area contributed by atoms with Gasteiger partial charge in [0.05, 0.1) is 23.8 Å². The normalized spacial score (nSPS) is 15.7. The fourth-order valence-corrected chi connectivity index (χ4v) is 3.61. The van der Waals surface area contributed by atoms with Gasteiger partial charge in [-0.1, -0.05) is 49.2 Å². The molecule has 0 aliphatic carbocycles. The van der Waals surface area contributed by atoms with Gasteiger partial charge in [-0.05, 0) is 24.5 Å². The van der Waals surface area contributed by atoms with Crippen molar-refractivity contribution in [2.75, 3.05) is 5.32 Å². The minimum atomic E-state index is -0.345. The number of nitrogens with zero attached hydrogens (tertiary/aromatic N) is 3. The van der Waals surface area contributed by atoms with Crippen LogP contribution in [0, 0.1) is 11.3 Å². The maximum Gasteiger partial charge on any atom is 0.249 e. The van der Waals surface area contributed by atoms with Crippen molar-refractivity contribution in [3.05, 3.63) is 70.5 Å². The number of allylic oxidation sites excluding steroid dienone is 3. The predicted molar refractivity (Wildman–Crippen MR) is 107 cm³/mol. The number of nitriles is 1. The lowest BCUT2D eigenvalue weighted by Gasteiger charge is -2.27. The first-order chi connectivity index (χ1) is 13.1. The number of aromatic nitrogens is 2. The highest BCUT2D eigenvalue weighted by Gasteiger charge is 2.34. The van der Waals surface area contributed by atoms with Crippen molar-refractivity contribution >= 4 is 23.3 Å². The van der Waals surface area contributed by atoms with Crippen LogP contribution in [0.2, 0.25) is 5.02 Å². The Balaban J connectivity index is 2.16. The summed E-state index contributed by atoms with van der Waals surface area (Å²) < 4.78 is 1.40. The van der Waals surface area contributed by atoms with Crippen molar-refractivity contribution in [3.63, 3.8) is 0 Å². The van der Waals surface area contributed by atoms with E-state index in [1.54, 1.807) is 12.3 Å². The van der Waals surface area contributed by atoms with Gasteiger partial charge >= 0.3 is 0 Å². The van der Waals surface area contributed by atoms with Crippen LogP contribution in [0.15, 0.2) is 54.4 Å². The molecular formula is C21H21ClN4O. The molecule has 0 fully saturated rings. The molecule has 0 saturated carbocycles. The highest BCUT2D eigenvalue weighted by atomic mass is 35.5. The zero-order valence-electron chi connectivity index (χ0n) is 15.2. The Morgan fingerprint density at radius 2 is 2.22 bits per heavy atom. The van der Waals surface area contributed by atoms with Crippen LogP contribution in [-0.4, -0.2) is 15.7 Å². The number of hydrogen-bond donors (Lipinski definition) is 1. The Morgan fingerprint density at radius 1 is 1.44 bits per heavy atom. The molecule has 1 atom stereocenters. The molecule has 0 spiro atoms. The van der Waals surface area contributed by atoms with E-state index in [1.165, 1.54) is 4.68 Å². The summed E-state index contributed by atoms with van der Waals surface area (Å²) in [4.78, 5) is 12.6. The molecule has 138 valence electrons. The van der Waals surface area contributed by atoms with E-state index < -0.39 is 0 Å². The molecule has 0 amide bonds. The monoisotopic (exact) mass is 380 g/mol. The number of rotatable bonds is 6. The van der Waals surface area contributed by atoms with Gasteiger partial charge in [0.2, 0.25) is 5.91 Å². The van der Waals surface area contributed by atoms with Gasteiger partial charge in [0.15, 0.2) is 0 Å². The van der Waals surface area contributed by atoms with Gasteiger partial charge in [-0.2, -0.15) is 15.0 Å². The zero-order chi connectivity index (χ0) is 19.4. The predicted octanol–water partition coefficient (Wildman–Crippen LogP) is 5.28. The van der Waals surface area contributed by atoms with E-state index in [-0.39, 0.29) is 11.8 Å². The van der Waals surface area contributed by atoms with Crippen LogP contribution in [0.4, 0.5) is 5.82 Å². The fourth-order valence-electron chi connectivity index (χ4n) is 3.37. The molecule has 2 heterocycles. The van der Waals surface area contributed by atoms with Crippen LogP contribution in [0.1, 0.15) is 54.4 Å². The maximum atomic E-state index is 12.6. The van der Waals surface area contributed by atoms with Crippen molar-refractivity contribution in [2.45, 2.75) is 38.5 Å². The van der Waals surface area contributed by atoms with Gasteiger partial charge in [0, 0.05) is 22.7 Å². The SMILES string of the molecule is C=CCCC(=O)n1ncc2c1NC(CCC)=C(C#N)C2c1ccccc1Cl. The lowest BCUT2D eigenvalue weighted by atomic mass is 9.82. The number of carbonyl (C=O) groups is 1. The van der Waals surface area contributed by atoms with E-state index in [4.69, 9.17) is 11.6 Å². The molecule has 6 heteroatoms. The molecule has 1 aliphatic heterocycles. The maximum absolute atomic E-state index is 12.6. The van der Waals surface area contributed by atoms with Crippen molar-refractivity contribution in [2.24, 2.45) is 0 Å². The van der Waals surface area contributed by atoms with Crippen LogP contribution < -0.4 is 5.32 Å². The molecule has 27 heavy (non-hydrogen) atoms. The lowest BCUT2D eigenvalue weighted by Crippen LogP contribution is -2.22. The smallest absolute Gasteiger partial charge is 0.249 e. The van der Waals surface area contributed by atoms with Gasteiger partial charge < -0.3 is 5.32 Å². The standard InChI is InChI=1S/C21H21ClN4O/c1-3-5-11-19(27)26-21-16(13-24-26)20(14-9-6-7-10-17(14)22)15(12-23)18(25-21)8-4-2/h3,6-7,9-10,13,20,25H,1,4-5,8,11H2,2H3. The van der Waals surface area contributed by atoms with Crippen molar-refractivity contribution in [1.29, 1.82) is 5.26 Å². The van der Waals surface area contributed by atoms with E-state index in [1.807, 2.05) is 24.3 Å². The Labute approximate surface area is 163 Å².